The zero-order chi connectivity index (χ0) is 17.7. The van der Waals surface area contributed by atoms with E-state index in [1.54, 1.807) is 6.20 Å². The SMILES string of the molecule is [2H]C([2H])([2H])C([2H])(C)c1nc2c[n+](C)c(-c3ccccc3C)cc2o1. The summed E-state index contributed by atoms with van der Waals surface area (Å²) in [6.45, 7) is 0.808. The van der Waals surface area contributed by atoms with Gasteiger partial charge in [0.15, 0.2) is 23.2 Å². The Bertz CT molecular complexity index is 913. The van der Waals surface area contributed by atoms with Crippen LogP contribution in [0.25, 0.3) is 22.4 Å². The maximum absolute atomic E-state index is 8.13. The maximum atomic E-state index is 8.13. The van der Waals surface area contributed by atoms with Crippen molar-refractivity contribution in [3.63, 3.8) is 0 Å². The van der Waals surface area contributed by atoms with Gasteiger partial charge < -0.3 is 4.42 Å². The van der Waals surface area contributed by atoms with Gasteiger partial charge in [-0.3, -0.25) is 0 Å². The number of hydrogen-bond acceptors (Lipinski definition) is 2. The van der Waals surface area contributed by atoms with E-state index in [1.165, 1.54) is 6.92 Å². The van der Waals surface area contributed by atoms with Gasteiger partial charge in [0, 0.05) is 16.9 Å². The molecule has 0 aliphatic rings. The lowest BCUT2D eigenvalue weighted by Crippen LogP contribution is -2.30. The molecule has 3 aromatic rings. The fraction of sp³-hybridized carbons (Fsp3) is 0.294. The summed E-state index contributed by atoms with van der Waals surface area (Å²) in [6, 6.07) is 9.83. The minimum absolute atomic E-state index is 0.0977. The van der Waals surface area contributed by atoms with Gasteiger partial charge >= 0.3 is 0 Å². The predicted molar refractivity (Wildman–Crippen MR) is 79.4 cm³/mol. The van der Waals surface area contributed by atoms with Crippen LogP contribution in [0, 0.1) is 6.92 Å². The van der Waals surface area contributed by atoms with Crippen LogP contribution in [0.5, 0.6) is 0 Å². The third-order valence-corrected chi connectivity index (χ3v) is 3.39. The molecule has 1 aromatic carbocycles. The van der Waals surface area contributed by atoms with Crippen molar-refractivity contribution in [1.82, 2.24) is 4.98 Å². The van der Waals surface area contributed by atoms with E-state index in [2.05, 4.69) is 4.98 Å². The van der Waals surface area contributed by atoms with Gasteiger partial charge in [0.1, 0.15) is 7.05 Å². The molecule has 102 valence electrons. The number of aryl methyl sites for hydroxylation is 2. The van der Waals surface area contributed by atoms with E-state index in [4.69, 9.17) is 9.90 Å². The van der Waals surface area contributed by atoms with Gasteiger partial charge in [-0.1, -0.05) is 32.0 Å². The molecule has 0 saturated heterocycles. The van der Waals surface area contributed by atoms with Crippen molar-refractivity contribution >= 4 is 11.1 Å². The van der Waals surface area contributed by atoms with Crippen LogP contribution in [0.2, 0.25) is 0 Å². The molecule has 0 aliphatic carbocycles. The van der Waals surface area contributed by atoms with Crippen molar-refractivity contribution < 1.29 is 14.5 Å². The van der Waals surface area contributed by atoms with Crippen molar-refractivity contribution in [2.75, 3.05) is 0 Å². The summed E-state index contributed by atoms with van der Waals surface area (Å²) in [7, 11) is 1.90. The Kier molecular flexibility index (Phi) is 2.11. The molecule has 3 heteroatoms. The molecular weight excluding hydrogens is 248 g/mol. The average molecular weight is 271 g/mol. The number of rotatable bonds is 2. The summed E-state index contributed by atoms with van der Waals surface area (Å²) in [5, 5.41) is 0. The van der Waals surface area contributed by atoms with Crippen molar-refractivity contribution in [2.24, 2.45) is 7.05 Å². The standard InChI is InChI=1S/C17H19N2O/c1-11(2)17-18-14-10-19(4)15(9-16(14)20-17)13-8-6-5-7-12(13)3/h5-11H,1-4H3/q+1/i1D3,11D. The largest absolute Gasteiger partial charge is 0.440 e. The molecule has 0 fully saturated rings. The number of oxazole rings is 1. The molecule has 0 bridgehead atoms. The second-order valence-corrected chi connectivity index (χ2v) is 4.98. The molecule has 1 atom stereocenters. The zero-order valence-corrected chi connectivity index (χ0v) is 11.8. The highest BCUT2D eigenvalue weighted by Crippen LogP contribution is 2.25. The normalized spacial score (nSPS) is 17.9. The van der Waals surface area contributed by atoms with Crippen LogP contribution < -0.4 is 4.57 Å². The lowest BCUT2D eigenvalue weighted by molar-refractivity contribution is -0.659. The Morgan fingerprint density at radius 1 is 1.40 bits per heavy atom. The molecule has 0 saturated carbocycles. The Hall–Kier alpha value is -2.16. The minimum atomic E-state index is -2.52. The predicted octanol–water partition coefficient (Wildman–Crippen LogP) is 3.75. The van der Waals surface area contributed by atoms with Crippen molar-refractivity contribution in [2.45, 2.75) is 26.6 Å². The highest BCUT2D eigenvalue weighted by Gasteiger charge is 2.18. The second kappa shape index (κ2) is 4.75. The Morgan fingerprint density at radius 3 is 2.95 bits per heavy atom. The van der Waals surface area contributed by atoms with Gasteiger partial charge in [-0.2, -0.15) is 4.57 Å². The summed E-state index contributed by atoms with van der Waals surface area (Å²) < 4.78 is 38.3. The van der Waals surface area contributed by atoms with Crippen molar-refractivity contribution in [1.29, 1.82) is 0 Å². The molecule has 3 nitrogen and oxygen atoms in total. The monoisotopic (exact) mass is 271 g/mol. The Balaban J connectivity index is 2.18. The van der Waals surface area contributed by atoms with Crippen LogP contribution in [0.15, 0.2) is 40.9 Å². The maximum Gasteiger partial charge on any atom is 0.216 e. The van der Waals surface area contributed by atoms with Gasteiger partial charge in [-0.15, -0.1) is 0 Å². The van der Waals surface area contributed by atoms with E-state index in [0.29, 0.717) is 11.1 Å². The molecule has 3 rings (SSSR count). The van der Waals surface area contributed by atoms with Crippen LogP contribution in [0.3, 0.4) is 0 Å². The highest BCUT2D eigenvalue weighted by atomic mass is 16.3. The van der Waals surface area contributed by atoms with E-state index in [1.807, 2.05) is 48.9 Å². The molecule has 0 N–H and O–H groups in total. The number of fused-ring (bicyclic) bond motifs is 1. The summed E-state index contributed by atoms with van der Waals surface area (Å²) in [4.78, 5) is 4.23. The fourth-order valence-corrected chi connectivity index (χ4v) is 2.31. The topological polar surface area (TPSA) is 29.9 Å². The summed E-state index contributed by atoms with van der Waals surface area (Å²) in [6.07, 6.45) is 1.79. The first-order valence-corrected chi connectivity index (χ1v) is 6.48. The van der Waals surface area contributed by atoms with E-state index < -0.39 is 12.7 Å². The van der Waals surface area contributed by atoms with E-state index in [0.717, 1.165) is 16.8 Å². The molecule has 1 unspecified atom stereocenters. The number of pyridine rings is 1. The smallest absolute Gasteiger partial charge is 0.216 e. The molecular formula is C17H19N2O+. The van der Waals surface area contributed by atoms with E-state index in [9.17, 15) is 0 Å². The molecule has 2 aromatic heterocycles. The van der Waals surface area contributed by atoms with E-state index >= 15 is 0 Å². The van der Waals surface area contributed by atoms with E-state index in [-0.39, 0.29) is 5.89 Å². The molecule has 0 aliphatic heterocycles. The number of aromatic nitrogens is 2. The third-order valence-electron chi connectivity index (χ3n) is 3.39. The molecule has 0 spiro atoms. The van der Waals surface area contributed by atoms with Crippen molar-refractivity contribution in [3.05, 3.63) is 48.0 Å². The van der Waals surface area contributed by atoms with Crippen LogP contribution in [0.4, 0.5) is 0 Å². The first-order valence-electron chi connectivity index (χ1n) is 8.48. The molecule has 20 heavy (non-hydrogen) atoms. The minimum Gasteiger partial charge on any atom is -0.440 e. The number of benzene rings is 1. The third kappa shape index (κ3) is 2.09. The molecule has 0 radical (unpaired) electrons. The first-order chi connectivity index (χ1) is 11.1. The number of nitrogens with zero attached hydrogens (tertiary/aromatic N) is 2. The fourth-order valence-electron chi connectivity index (χ4n) is 2.31. The number of hydrogen-bond donors (Lipinski definition) is 0. The zero-order valence-electron chi connectivity index (χ0n) is 15.8. The molecule has 2 heterocycles. The Labute approximate surface area is 124 Å². The van der Waals surface area contributed by atoms with Crippen LogP contribution in [0.1, 0.15) is 36.6 Å². The van der Waals surface area contributed by atoms with Gasteiger partial charge in [0.2, 0.25) is 5.69 Å². The average Bonchev–Trinajstić information content (AvgIpc) is 2.89. The lowest BCUT2D eigenvalue weighted by atomic mass is 10.0. The van der Waals surface area contributed by atoms with Gasteiger partial charge in [0.25, 0.3) is 0 Å². The Morgan fingerprint density at radius 2 is 2.20 bits per heavy atom. The summed E-state index contributed by atoms with van der Waals surface area (Å²) in [5.74, 6) is -1.99. The first kappa shape index (κ1) is 8.90. The summed E-state index contributed by atoms with van der Waals surface area (Å²) >= 11 is 0. The van der Waals surface area contributed by atoms with Gasteiger partial charge in [0.05, 0.1) is 6.07 Å². The van der Waals surface area contributed by atoms with Crippen LogP contribution in [-0.2, 0) is 7.05 Å². The lowest BCUT2D eigenvalue weighted by Gasteiger charge is -2.03. The van der Waals surface area contributed by atoms with Crippen molar-refractivity contribution in [3.8, 4) is 11.3 Å². The van der Waals surface area contributed by atoms with Crippen LogP contribution in [-0.4, -0.2) is 4.98 Å². The quantitative estimate of drug-likeness (QED) is 0.664. The van der Waals surface area contributed by atoms with Crippen LogP contribution >= 0.6 is 0 Å². The summed E-state index contributed by atoms with van der Waals surface area (Å²) in [5.41, 5.74) is 4.13. The second-order valence-electron chi connectivity index (χ2n) is 4.98. The molecule has 0 amide bonds. The van der Waals surface area contributed by atoms with Gasteiger partial charge in [-0.25, -0.2) is 4.98 Å². The van der Waals surface area contributed by atoms with Gasteiger partial charge in [-0.05, 0) is 18.6 Å². The highest BCUT2D eigenvalue weighted by molar-refractivity contribution is 5.76.